The van der Waals surface area contributed by atoms with Gasteiger partial charge in [0, 0.05) is 18.8 Å². The predicted molar refractivity (Wildman–Crippen MR) is 102 cm³/mol. The molecule has 2 N–H and O–H groups in total. The minimum absolute atomic E-state index is 0.0748. The summed E-state index contributed by atoms with van der Waals surface area (Å²) in [4.78, 5) is 35.0. The Morgan fingerprint density at radius 3 is 2.11 bits per heavy atom. The van der Waals surface area contributed by atoms with E-state index >= 15 is 0 Å². The van der Waals surface area contributed by atoms with Gasteiger partial charge in [0.15, 0.2) is 0 Å². The third kappa shape index (κ3) is 11.4. The maximum absolute atomic E-state index is 12.1. The number of carboxylic acids is 2. The molecule has 1 unspecified atom stereocenters. The molecule has 0 aliphatic carbocycles. The number of carbonyl (C=O) groups is 3. The molecule has 0 saturated heterocycles. The van der Waals surface area contributed by atoms with Crippen LogP contribution in [0.15, 0.2) is 11.1 Å². The van der Waals surface area contributed by atoms with Crippen LogP contribution in [-0.4, -0.2) is 47.9 Å². The lowest BCUT2D eigenvalue weighted by Gasteiger charge is -2.15. The molecule has 27 heavy (non-hydrogen) atoms. The molecule has 0 heterocycles. The zero-order chi connectivity index (χ0) is 20.7. The minimum atomic E-state index is -1.40. The van der Waals surface area contributed by atoms with E-state index in [4.69, 9.17) is 9.47 Å². The molecule has 0 fully saturated rings. The van der Waals surface area contributed by atoms with Gasteiger partial charge in [-0.15, -0.1) is 0 Å². The number of rotatable bonds is 16. The number of esters is 1. The summed E-state index contributed by atoms with van der Waals surface area (Å²) in [6.07, 6.45) is 4.55. The molecule has 0 spiro atoms. The Kier molecular flexibility index (Phi) is 14.1. The van der Waals surface area contributed by atoms with Gasteiger partial charge in [-0.2, -0.15) is 0 Å². The van der Waals surface area contributed by atoms with E-state index < -0.39 is 29.9 Å². The zero-order valence-corrected chi connectivity index (χ0v) is 16.8. The maximum atomic E-state index is 12.1. The van der Waals surface area contributed by atoms with Gasteiger partial charge in [-0.25, -0.2) is 9.59 Å². The Bertz CT molecular complexity index is 497. The summed E-state index contributed by atoms with van der Waals surface area (Å²) in [7, 11) is 0. The van der Waals surface area contributed by atoms with Crippen molar-refractivity contribution in [2.75, 3.05) is 19.8 Å². The van der Waals surface area contributed by atoms with Crippen molar-refractivity contribution in [3.05, 3.63) is 11.1 Å². The van der Waals surface area contributed by atoms with E-state index in [0.717, 1.165) is 25.7 Å². The van der Waals surface area contributed by atoms with Crippen LogP contribution >= 0.6 is 0 Å². The summed E-state index contributed by atoms with van der Waals surface area (Å²) < 4.78 is 10.4. The molecule has 0 aromatic rings. The van der Waals surface area contributed by atoms with Crippen LogP contribution in [0.25, 0.3) is 0 Å². The normalized spacial score (nSPS) is 13.0. The molecule has 7 nitrogen and oxygen atoms in total. The van der Waals surface area contributed by atoms with E-state index in [1.54, 1.807) is 0 Å². The maximum Gasteiger partial charge on any atom is 0.332 e. The number of ether oxygens (including phenoxy) is 2. The standard InChI is InChI=1S/C20H34O7/c1-4-7-10-15(5-2)14-27-18(21)13-17(20(24)25)16(19(22)23)11-8-9-12-26-6-3/h15H,4-14H2,1-3H3,(H,22,23)(H,24,25). The first-order valence-corrected chi connectivity index (χ1v) is 9.79. The molecule has 0 aromatic carbocycles. The van der Waals surface area contributed by atoms with E-state index in [0.29, 0.717) is 26.1 Å². The molecule has 0 saturated carbocycles. The molecule has 0 aliphatic heterocycles. The molecule has 0 rings (SSSR count). The Morgan fingerprint density at radius 2 is 1.59 bits per heavy atom. The fourth-order valence-electron chi connectivity index (χ4n) is 2.65. The van der Waals surface area contributed by atoms with E-state index in [1.165, 1.54) is 0 Å². The SMILES string of the molecule is CCCCC(CC)COC(=O)CC(C(=O)O)=C(CCCCOCC)C(=O)O. The van der Waals surface area contributed by atoms with Crippen LogP contribution in [0.2, 0.25) is 0 Å². The summed E-state index contributed by atoms with van der Waals surface area (Å²) in [5, 5.41) is 18.7. The van der Waals surface area contributed by atoms with E-state index in [1.807, 2.05) is 13.8 Å². The summed E-state index contributed by atoms with van der Waals surface area (Å²) in [6, 6.07) is 0. The van der Waals surface area contributed by atoms with E-state index in [9.17, 15) is 24.6 Å². The molecule has 0 radical (unpaired) electrons. The lowest BCUT2D eigenvalue weighted by molar-refractivity contribution is -0.146. The average Bonchev–Trinajstić information content (AvgIpc) is 2.63. The van der Waals surface area contributed by atoms with Gasteiger partial charge in [0.2, 0.25) is 0 Å². The summed E-state index contributed by atoms with van der Waals surface area (Å²) in [5.74, 6) is -3.17. The second-order valence-corrected chi connectivity index (χ2v) is 6.50. The van der Waals surface area contributed by atoms with Gasteiger partial charge in [-0.3, -0.25) is 4.79 Å². The average molecular weight is 386 g/mol. The van der Waals surface area contributed by atoms with Crippen LogP contribution in [0.1, 0.15) is 72.1 Å². The van der Waals surface area contributed by atoms with Crippen molar-refractivity contribution < 1.29 is 34.1 Å². The van der Waals surface area contributed by atoms with Crippen LogP contribution in [0.4, 0.5) is 0 Å². The van der Waals surface area contributed by atoms with Crippen molar-refractivity contribution in [2.24, 2.45) is 5.92 Å². The number of carbonyl (C=O) groups excluding carboxylic acids is 1. The van der Waals surface area contributed by atoms with E-state index in [2.05, 4.69) is 6.92 Å². The van der Waals surface area contributed by atoms with Crippen molar-refractivity contribution in [1.29, 1.82) is 0 Å². The van der Waals surface area contributed by atoms with Crippen molar-refractivity contribution in [1.82, 2.24) is 0 Å². The summed E-state index contributed by atoms with van der Waals surface area (Å²) >= 11 is 0. The lowest BCUT2D eigenvalue weighted by Crippen LogP contribution is -2.19. The molecule has 0 aromatic heterocycles. The second kappa shape index (κ2) is 15.2. The van der Waals surface area contributed by atoms with Crippen molar-refractivity contribution in [3.8, 4) is 0 Å². The first-order valence-electron chi connectivity index (χ1n) is 9.79. The topological polar surface area (TPSA) is 110 Å². The van der Waals surface area contributed by atoms with Crippen LogP contribution in [-0.2, 0) is 23.9 Å². The number of hydrogen-bond acceptors (Lipinski definition) is 5. The predicted octanol–water partition coefficient (Wildman–Crippen LogP) is 3.81. The summed E-state index contributed by atoms with van der Waals surface area (Å²) in [5.41, 5.74) is -0.639. The lowest BCUT2D eigenvalue weighted by atomic mass is 9.99. The number of aliphatic carboxylic acids is 2. The van der Waals surface area contributed by atoms with Gasteiger partial charge in [0.1, 0.15) is 0 Å². The molecule has 7 heteroatoms. The van der Waals surface area contributed by atoms with Crippen LogP contribution in [0.5, 0.6) is 0 Å². The largest absolute Gasteiger partial charge is 0.478 e. The second-order valence-electron chi connectivity index (χ2n) is 6.50. The van der Waals surface area contributed by atoms with Crippen LogP contribution in [0.3, 0.4) is 0 Å². The molecule has 0 amide bonds. The number of carboxylic acid groups (broad SMARTS) is 2. The van der Waals surface area contributed by atoms with Crippen molar-refractivity contribution in [3.63, 3.8) is 0 Å². The monoisotopic (exact) mass is 386 g/mol. The van der Waals surface area contributed by atoms with Gasteiger partial charge in [-0.05, 0) is 38.5 Å². The quantitative estimate of drug-likeness (QED) is 0.236. The Balaban J connectivity index is 4.87. The first-order chi connectivity index (χ1) is 12.9. The Hall–Kier alpha value is -1.89. The Morgan fingerprint density at radius 1 is 0.926 bits per heavy atom. The third-order valence-electron chi connectivity index (χ3n) is 4.39. The molecular formula is C20H34O7. The molecular weight excluding hydrogens is 352 g/mol. The molecule has 0 bridgehead atoms. The first kappa shape index (κ1) is 25.1. The highest BCUT2D eigenvalue weighted by molar-refractivity contribution is 6.01. The highest BCUT2D eigenvalue weighted by Gasteiger charge is 2.23. The van der Waals surface area contributed by atoms with Crippen molar-refractivity contribution in [2.45, 2.75) is 72.1 Å². The fraction of sp³-hybridized carbons (Fsp3) is 0.750. The number of hydrogen-bond donors (Lipinski definition) is 2. The smallest absolute Gasteiger partial charge is 0.332 e. The zero-order valence-electron chi connectivity index (χ0n) is 16.8. The highest BCUT2D eigenvalue weighted by atomic mass is 16.5. The van der Waals surface area contributed by atoms with E-state index in [-0.39, 0.29) is 24.5 Å². The van der Waals surface area contributed by atoms with Gasteiger partial charge < -0.3 is 19.7 Å². The molecule has 156 valence electrons. The van der Waals surface area contributed by atoms with Crippen LogP contribution in [0, 0.1) is 5.92 Å². The highest BCUT2D eigenvalue weighted by Crippen LogP contribution is 2.19. The van der Waals surface area contributed by atoms with Gasteiger partial charge in [0.05, 0.1) is 18.6 Å². The minimum Gasteiger partial charge on any atom is -0.478 e. The van der Waals surface area contributed by atoms with Gasteiger partial charge in [-0.1, -0.05) is 33.1 Å². The summed E-state index contributed by atoms with van der Waals surface area (Å²) in [6.45, 7) is 7.27. The number of unbranched alkanes of at least 4 members (excludes halogenated alkanes) is 2. The Labute approximate surface area is 161 Å². The third-order valence-corrected chi connectivity index (χ3v) is 4.39. The van der Waals surface area contributed by atoms with Gasteiger partial charge in [0.25, 0.3) is 0 Å². The molecule has 1 atom stereocenters. The fourth-order valence-corrected chi connectivity index (χ4v) is 2.65. The van der Waals surface area contributed by atoms with Crippen LogP contribution < -0.4 is 0 Å². The van der Waals surface area contributed by atoms with Crippen molar-refractivity contribution >= 4 is 17.9 Å². The van der Waals surface area contributed by atoms with Gasteiger partial charge >= 0.3 is 17.9 Å². The molecule has 0 aliphatic rings.